The molecule has 0 radical (unpaired) electrons. The SMILES string of the molecule is Cc1cc(S(=O)(=O)Nc2cn(C)nc2C2CCC2)c(Cl)cc1Cl. The minimum Gasteiger partial charge on any atom is -0.276 e. The van der Waals surface area contributed by atoms with Crippen molar-refractivity contribution in [3.8, 4) is 0 Å². The minimum atomic E-state index is -3.80. The maximum Gasteiger partial charge on any atom is 0.263 e. The highest BCUT2D eigenvalue weighted by molar-refractivity contribution is 7.92. The standard InChI is InChI=1S/C15H17Cl2N3O2S/c1-9-6-14(12(17)7-11(9)16)23(21,22)19-13-8-20(2)18-15(13)10-4-3-5-10/h6-8,10,19H,3-5H2,1-2H3. The monoisotopic (exact) mass is 373 g/mol. The number of aromatic nitrogens is 2. The van der Waals surface area contributed by atoms with E-state index in [2.05, 4.69) is 9.82 Å². The summed E-state index contributed by atoms with van der Waals surface area (Å²) in [6.07, 6.45) is 4.90. The van der Waals surface area contributed by atoms with Crippen molar-refractivity contribution in [2.24, 2.45) is 7.05 Å². The van der Waals surface area contributed by atoms with Gasteiger partial charge in [-0.2, -0.15) is 5.10 Å². The molecule has 0 amide bonds. The molecule has 23 heavy (non-hydrogen) atoms. The number of hydrogen-bond donors (Lipinski definition) is 1. The molecule has 8 heteroatoms. The van der Waals surface area contributed by atoms with Crippen LogP contribution in [0.15, 0.2) is 23.2 Å². The molecule has 0 aliphatic heterocycles. The van der Waals surface area contributed by atoms with Crippen LogP contribution in [-0.2, 0) is 17.1 Å². The number of anilines is 1. The van der Waals surface area contributed by atoms with E-state index in [9.17, 15) is 8.42 Å². The van der Waals surface area contributed by atoms with Crippen LogP contribution >= 0.6 is 23.2 Å². The number of halogens is 2. The van der Waals surface area contributed by atoms with E-state index in [0.29, 0.717) is 22.2 Å². The van der Waals surface area contributed by atoms with Gasteiger partial charge in [0.15, 0.2) is 0 Å². The van der Waals surface area contributed by atoms with Gasteiger partial charge in [-0.1, -0.05) is 29.6 Å². The number of hydrogen-bond acceptors (Lipinski definition) is 3. The number of nitrogens with one attached hydrogen (secondary N) is 1. The molecule has 1 fully saturated rings. The molecular weight excluding hydrogens is 357 g/mol. The molecule has 1 saturated carbocycles. The van der Waals surface area contributed by atoms with Gasteiger partial charge in [0.25, 0.3) is 10.0 Å². The van der Waals surface area contributed by atoms with E-state index in [0.717, 1.165) is 25.0 Å². The second-order valence-corrected chi connectivity index (χ2v) is 8.33. The maximum absolute atomic E-state index is 12.7. The van der Waals surface area contributed by atoms with Crippen LogP contribution < -0.4 is 4.72 Å². The number of sulfonamides is 1. The van der Waals surface area contributed by atoms with E-state index >= 15 is 0 Å². The first kappa shape index (κ1) is 16.6. The molecule has 1 aromatic heterocycles. The van der Waals surface area contributed by atoms with Crippen LogP contribution in [0.25, 0.3) is 0 Å². The molecule has 0 atom stereocenters. The van der Waals surface area contributed by atoms with Crippen LogP contribution in [0.2, 0.25) is 10.0 Å². The molecule has 0 unspecified atom stereocenters. The molecule has 1 heterocycles. The lowest BCUT2D eigenvalue weighted by atomic mass is 9.82. The Bertz CT molecular complexity index is 858. The Hall–Kier alpha value is -1.24. The highest BCUT2D eigenvalue weighted by Gasteiger charge is 2.28. The fourth-order valence-corrected chi connectivity index (χ4v) is 4.50. The van der Waals surface area contributed by atoms with Crippen LogP contribution in [0, 0.1) is 6.92 Å². The summed E-state index contributed by atoms with van der Waals surface area (Å²) in [5.74, 6) is 0.316. The average molecular weight is 374 g/mol. The van der Waals surface area contributed by atoms with Crippen molar-refractivity contribution in [1.29, 1.82) is 0 Å². The van der Waals surface area contributed by atoms with E-state index in [-0.39, 0.29) is 9.92 Å². The molecule has 5 nitrogen and oxygen atoms in total. The summed E-state index contributed by atoms with van der Waals surface area (Å²) in [5, 5.41) is 4.94. The average Bonchev–Trinajstić information content (AvgIpc) is 2.71. The quantitative estimate of drug-likeness (QED) is 0.876. The Morgan fingerprint density at radius 1 is 1.26 bits per heavy atom. The maximum atomic E-state index is 12.7. The molecule has 2 aromatic rings. The molecule has 1 aliphatic rings. The summed E-state index contributed by atoms with van der Waals surface area (Å²) in [7, 11) is -2.03. The van der Waals surface area contributed by atoms with Crippen LogP contribution in [0.5, 0.6) is 0 Å². The molecule has 1 aliphatic carbocycles. The minimum absolute atomic E-state index is 0.0180. The van der Waals surface area contributed by atoms with Crippen molar-refractivity contribution in [2.75, 3.05) is 4.72 Å². The Morgan fingerprint density at radius 3 is 2.57 bits per heavy atom. The molecule has 0 saturated heterocycles. The van der Waals surface area contributed by atoms with Gasteiger partial charge in [-0.25, -0.2) is 8.42 Å². The lowest BCUT2D eigenvalue weighted by molar-refractivity contribution is 0.408. The third-order valence-electron chi connectivity index (χ3n) is 4.10. The van der Waals surface area contributed by atoms with E-state index in [1.54, 1.807) is 24.9 Å². The summed E-state index contributed by atoms with van der Waals surface area (Å²) in [4.78, 5) is 0.0180. The number of aryl methyl sites for hydroxylation is 2. The first-order valence-electron chi connectivity index (χ1n) is 7.30. The van der Waals surface area contributed by atoms with Crippen molar-refractivity contribution in [1.82, 2.24) is 9.78 Å². The van der Waals surface area contributed by atoms with Crippen molar-refractivity contribution in [2.45, 2.75) is 37.0 Å². The molecule has 1 N–H and O–H groups in total. The first-order chi connectivity index (χ1) is 10.8. The van der Waals surface area contributed by atoms with Crippen LogP contribution in [0.1, 0.15) is 36.4 Å². The largest absolute Gasteiger partial charge is 0.276 e. The number of rotatable bonds is 4. The van der Waals surface area contributed by atoms with Crippen LogP contribution in [-0.4, -0.2) is 18.2 Å². The van der Waals surface area contributed by atoms with Gasteiger partial charge in [0.05, 0.1) is 16.4 Å². The lowest BCUT2D eigenvalue weighted by Gasteiger charge is -2.24. The molecule has 1 aromatic carbocycles. The Balaban J connectivity index is 1.97. The third kappa shape index (κ3) is 3.20. The molecule has 124 valence electrons. The summed E-state index contributed by atoms with van der Waals surface area (Å²) < 4.78 is 29.6. The lowest BCUT2D eigenvalue weighted by Crippen LogP contribution is -2.17. The molecule has 0 bridgehead atoms. The normalized spacial score (nSPS) is 15.5. The van der Waals surface area contributed by atoms with E-state index in [4.69, 9.17) is 23.2 Å². The topological polar surface area (TPSA) is 64.0 Å². The summed E-state index contributed by atoms with van der Waals surface area (Å²) in [6.45, 7) is 1.74. The fourth-order valence-electron chi connectivity index (χ4n) is 2.60. The fraction of sp³-hybridized carbons (Fsp3) is 0.400. The van der Waals surface area contributed by atoms with Gasteiger partial charge in [-0.3, -0.25) is 9.40 Å². The van der Waals surface area contributed by atoms with E-state index in [1.807, 2.05) is 0 Å². The molecule has 0 spiro atoms. The second kappa shape index (κ2) is 6.00. The number of benzene rings is 1. The van der Waals surface area contributed by atoms with Gasteiger partial charge in [-0.15, -0.1) is 0 Å². The van der Waals surface area contributed by atoms with Crippen LogP contribution in [0.4, 0.5) is 5.69 Å². The Morgan fingerprint density at radius 2 is 1.96 bits per heavy atom. The summed E-state index contributed by atoms with van der Waals surface area (Å²) >= 11 is 12.1. The van der Waals surface area contributed by atoms with Gasteiger partial charge in [0.1, 0.15) is 4.90 Å². The van der Waals surface area contributed by atoms with Gasteiger partial charge < -0.3 is 0 Å². The Kier molecular flexibility index (Phi) is 4.33. The zero-order valence-corrected chi connectivity index (χ0v) is 15.1. The predicted molar refractivity (Wildman–Crippen MR) is 91.8 cm³/mol. The van der Waals surface area contributed by atoms with E-state index in [1.165, 1.54) is 12.1 Å². The zero-order valence-electron chi connectivity index (χ0n) is 12.8. The predicted octanol–water partition coefficient (Wildman–Crippen LogP) is 4.10. The van der Waals surface area contributed by atoms with E-state index < -0.39 is 10.0 Å². The highest BCUT2D eigenvalue weighted by atomic mass is 35.5. The summed E-state index contributed by atoms with van der Waals surface area (Å²) in [5.41, 5.74) is 1.96. The van der Waals surface area contributed by atoms with Crippen molar-refractivity contribution >= 4 is 38.9 Å². The smallest absolute Gasteiger partial charge is 0.263 e. The van der Waals surface area contributed by atoms with Crippen molar-refractivity contribution in [3.63, 3.8) is 0 Å². The molecular formula is C15H17Cl2N3O2S. The third-order valence-corrected chi connectivity index (χ3v) is 6.33. The van der Waals surface area contributed by atoms with Crippen molar-refractivity contribution < 1.29 is 8.42 Å². The highest BCUT2D eigenvalue weighted by Crippen LogP contribution is 2.39. The second-order valence-electron chi connectivity index (χ2n) is 5.87. The zero-order chi connectivity index (χ0) is 16.8. The van der Waals surface area contributed by atoms with Gasteiger partial charge in [0.2, 0.25) is 0 Å². The van der Waals surface area contributed by atoms with Gasteiger partial charge in [0, 0.05) is 24.2 Å². The molecule has 3 rings (SSSR count). The number of nitrogens with zero attached hydrogens (tertiary/aromatic N) is 2. The Labute approximate surface area is 145 Å². The summed E-state index contributed by atoms with van der Waals surface area (Å²) in [6, 6.07) is 2.93. The van der Waals surface area contributed by atoms with Crippen LogP contribution in [0.3, 0.4) is 0 Å². The first-order valence-corrected chi connectivity index (χ1v) is 9.54. The van der Waals surface area contributed by atoms with Crippen molar-refractivity contribution in [3.05, 3.63) is 39.6 Å². The van der Waals surface area contributed by atoms with Gasteiger partial charge >= 0.3 is 0 Å². The van der Waals surface area contributed by atoms with Gasteiger partial charge in [-0.05, 0) is 37.5 Å².